The highest BCUT2D eigenvalue weighted by atomic mass is 16.4. The van der Waals surface area contributed by atoms with Gasteiger partial charge < -0.3 is 9.77 Å². The second-order valence-corrected chi connectivity index (χ2v) is 2.27. The van der Waals surface area contributed by atoms with Crippen LogP contribution in [0, 0.1) is 11.3 Å². The number of hydrogen-bond donors (Lipinski definition) is 0. The summed E-state index contributed by atoms with van der Waals surface area (Å²) in [7, 11) is 0. The minimum absolute atomic E-state index is 0.641. The third-order valence-electron chi connectivity index (χ3n) is 1.44. The number of unbranched alkanes of at least 4 members (excludes halogenated alkanes) is 1. The molecule has 1 rings (SSSR count). The van der Waals surface area contributed by atoms with Crippen molar-refractivity contribution in [2.75, 3.05) is 0 Å². The van der Waals surface area contributed by atoms with Crippen molar-refractivity contribution in [2.45, 2.75) is 19.4 Å². The van der Waals surface area contributed by atoms with E-state index < -0.39 is 0 Å². The Morgan fingerprint density at radius 3 is 2.73 bits per heavy atom. The van der Waals surface area contributed by atoms with E-state index in [0.29, 0.717) is 6.42 Å². The summed E-state index contributed by atoms with van der Waals surface area (Å²) in [5.41, 5.74) is 0. The van der Waals surface area contributed by atoms with Crippen molar-refractivity contribution in [2.24, 2.45) is 0 Å². The number of hydrogen-bond acceptors (Lipinski definition) is 1. The molecular formula is C8H10N2O. The molecule has 1 aromatic rings. The van der Waals surface area contributed by atoms with E-state index in [0.717, 1.165) is 13.0 Å². The summed E-state index contributed by atoms with van der Waals surface area (Å²) < 4.78 is 2.06. The Balaban J connectivity index is 2.17. The van der Waals surface area contributed by atoms with Crippen molar-refractivity contribution in [1.82, 2.24) is 4.57 Å². The van der Waals surface area contributed by atoms with Crippen LogP contribution in [0.15, 0.2) is 24.5 Å². The van der Waals surface area contributed by atoms with Crippen LogP contribution in [0.3, 0.4) is 0 Å². The van der Waals surface area contributed by atoms with Crippen LogP contribution >= 0.6 is 0 Å². The van der Waals surface area contributed by atoms with Gasteiger partial charge in [0.1, 0.15) is 0 Å². The second-order valence-electron chi connectivity index (χ2n) is 2.27. The van der Waals surface area contributed by atoms with Gasteiger partial charge in [-0.25, -0.2) is 0 Å². The molecule has 0 saturated heterocycles. The highest BCUT2D eigenvalue weighted by Crippen LogP contribution is 1.95. The van der Waals surface area contributed by atoms with Crippen LogP contribution in [-0.4, -0.2) is 4.57 Å². The Labute approximate surface area is 65.7 Å². The first-order valence-electron chi connectivity index (χ1n) is 3.59. The van der Waals surface area contributed by atoms with Gasteiger partial charge in [-0.15, -0.1) is 0 Å². The van der Waals surface area contributed by atoms with E-state index in [4.69, 9.17) is 0 Å². The fourth-order valence-electron chi connectivity index (χ4n) is 0.906. The maximum Gasteiger partial charge on any atom is 0.298 e. The molecule has 1 heterocycles. The Morgan fingerprint density at radius 2 is 2.09 bits per heavy atom. The molecular weight excluding hydrogens is 140 g/mol. The van der Waals surface area contributed by atoms with Crippen LogP contribution in [0.4, 0.5) is 0 Å². The summed E-state index contributed by atoms with van der Waals surface area (Å²) in [6, 6.07) is 6.32. The summed E-state index contributed by atoms with van der Waals surface area (Å²) >= 11 is 0. The SMILES string of the molecule is [O-][N+]#CCCCn1cccc1. The standard InChI is InChI=1S/C8H10N2O/c11-9-5-1-2-6-10-7-3-4-8-10/h3-4,7-8H,1-2,6H2. The predicted octanol–water partition coefficient (Wildman–Crippen LogP) is 2.10. The summed E-state index contributed by atoms with van der Waals surface area (Å²) in [6.45, 7) is 0.926. The van der Waals surface area contributed by atoms with Crippen molar-refractivity contribution in [3.8, 4) is 6.07 Å². The average Bonchev–Trinajstić information content (AvgIpc) is 2.50. The molecule has 0 unspecified atom stereocenters. The molecule has 0 aliphatic rings. The van der Waals surface area contributed by atoms with E-state index in [1.807, 2.05) is 24.5 Å². The Bertz CT molecular complexity index is 243. The van der Waals surface area contributed by atoms with E-state index in [1.54, 1.807) is 0 Å². The first-order valence-corrected chi connectivity index (χ1v) is 3.59. The third-order valence-corrected chi connectivity index (χ3v) is 1.44. The third kappa shape index (κ3) is 2.76. The van der Waals surface area contributed by atoms with Gasteiger partial charge in [0.25, 0.3) is 6.07 Å². The molecule has 1 aromatic heterocycles. The lowest BCUT2D eigenvalue weighted by Gasteiger charge is -1.96. The maximum absolute atomic E-state index is 9.60. The second kappa shape index (κ2) is 4.40. The van der Waals surface area contributed by atoms with Gasteiger partial charge in [0.05, 0.1) is 6.42 Å². The quantitative estimate of drug-likeness (QED) is 0.479. The van der Waals surface area contributed by atoms with Crippen LogP contribution < -0.4 is 0 Å². The molecule has 0 bridgehead atoms. The number of aryl methyl sites for hydroxylation is 1. The molecule has 0 fully saturated rings. The summed E-state index contributed by atoms with van der Waals surface area (Å²) in [5, 5.41) is 12.1. The Morgan fingerprint density at radius 1 is 1.36 bits per heavy atom. The molecule has 0 saturated carbocycles. The molecule has 0 aliphatic heterocycles. The zero-order valence-electron chi connectivity index (χ0n) is 6.23. The fourth-order valence-corrected chi connectivity index (χ4v) is 0.906. The molecule has 3 nitrogen and oxygen atoms in total. The first-order chi connectivity index (χ1) is 5.43. The van der Waals surface area contributed by atoms with Crippen molar-refractivity contribution >= 4 is 0 Å². The summed E-state index contributed by atoms with van der Waals surface area (Å²) in [4.78, 5) is 0. The van der Waals surface area contributed by atoms with Gasteiger partial charge >= 0.3 is 0 Å². The van der Waals surface area contributed by atoms with Crippen LogP contribution in [0.5, 0.6) is 0 Å². The van der Waals surface area contributed by atoms with E-state index in [9.17, 15) is 5.21 Å². The van der Waals surface area contributed by atoms with E-state index in [2.05, 4.69) is 15.6 Å². The van der Waals surface area contributed by atoms with Crippen LogP contribution in [0.2, 0.25) is 0 Å². The number of aromatic nitrogens is 1. The summed E-state index contributed by atoms with van der Waals surface area (Å²) in [6.07, 6.45) is 5.55. The molecule has 0 atom stereocenters. The zero-order chi connectivity index (χ0) is 7.94. The monoisotopic (exact) mass is 150 g/mol. The molecule has 0 amide bonds. The predicted molar refractivity (Wildman–Crippen MR) is 44.3 cm³/mol. The van der Waals surface area contributed by atoms with Gasteiger partial charge in [-0.2, -0.15) is 0 Å². The van der Waals surface area contributed by atoms with Gasteiger partial charge in [-0.05, 0) is 18.6 Å². The number of rotatable bonds is 3. The van der Waals surface area contributed by atoms with Gasteiger partial charge in [-0.3, -0.25) is 0 Å². The number of nitrogens with zero attached hydrogens (tertiary/aromatic N) is 2. The highest BCUT2D eigenvalue weighted by Gasteiger charge is 1.89. The van der Waals surface area contributed by atoms with E-state index in [1.165, 1.54) is 0 Å². The van der Waals surface area contributed by atoms with Crippen molar-refractivity contribution in [3.05, 3.63) is 34.7 Å². The lowest BCUT2D eigenvalue weighted by molar-refractivity contribution is 0.659. The van der Waals surface area contributed by atoms with Gasteiger partial charge in [-0.1, -0.05) is 0 Å². The van der Waals surface area contributed by atoms with Crippen molar-refractivity contribution in [3.63, 3.8) is 0 Å². The fraction of sp³-hybridized carbons (Fsp3) is 0.375. The maximum atomic E-state index is 9.60. The molecule has 0 aliphatic carbocycles. The van der Waals surface area contributed by atoms with Crippen molar-refractivity contribution < 1.29 is 0 Å². The van der Waals surface area contributed by atoms with E-state index in [-0.39, 0.29) is 0 Å². The molecule has 3 heteroatoms. The van der Waals surface area contributed by atoms with Gasteiger partial charge in [0.15, 0.2) is 0 Å². The summed E-state index contributed by atoms with van der Waals surface area (Å²) in [5.74, 6) is 0. The zero-order valence-corrected chi connectivity index (χ0v) is 6.23. The molecule has 0 radical (unpaired) electrons. The average molecular weight is 150 g/mol. The highest BCUT2D eigenvalue weighted by molar-refractivity contribution is 4.91. The van der Waals surface area contributed by atoms with Gasteiger partial charge in [0.2, 0.25) is 0 Å². The minimum atomic E-state index is 0.641. The molecule has 0 aromatic carbocycles. The minimum Gasteiger partial charge on any atom is -0.498 e. The van der Waals surface area contributed by atoms with E-state index >= 15 is 0 Å². The Kier molecular flexibility index (Phi) is 3.07. The molecule has 11 heavy (non-hydrogen) atoms. The molecule has 0 spiro atoms. The largest absolute Gasteiger partial charge is 0.498 e. The molecule has 58 valence electrons. The van der Waals surface area contributed by atoms with Crippen LogP contribution in [0.25, 0.3) is 5.01 Å². The lowest BCUT2D eigenvalue weighted by atomic mass is 10.3. The lowest BCUT2D eigenvalue weighted by Crippen LogP contribution is -1.92. The smallest absolute Gasteiger partial charge is 0.298 e. The molecule has 0 N–H and O–H groups in total. The van der Waals surface area contributed by atoms with Crippen LogP contribution in [-0.2, 0) is 6.54 Å². The Hall–Kier alpha value is -1.43. The van der Waals surface area contributed by atoms with Gasteiger partial charge in [0, 0.05) is 23.9 Å². The van der Waals surface area contributed by atoms with Crippen molar-refractivity contribution in [1.29, 1.82) is 0 Å². The first kappa shape index (κ1) is 7.67. The topological polar surface area (TPSA) is 32.3 Å². The normalized spacial score (nSPS) is 8.73. The van der Waals surface area contributed by atoms with Crippen LogP contribution in [0.1, 0.15) is 12.8 Å².